The number of benzene rings is 3. The number of alkyl halides is 3. The predicted molar refractivity (Wildman–Crippen MR) is 134 cm³/mol. The lowest BCUT2D eigenvalue weighted by atomic mass is 9.98. The molecule has 1 aliphatic heterocycles. The number of pyridine rings is 1. The number of hydrogen-bond donors (Lipinski definition) is 1. The summed E-state index contributed by atoms with van der Waals surface area (Å²) in [7, 11) is 0. The molecule has 4 nitrogen and oxygen atoms in total. The largest absolute Gasteiger partial charge is 0.416 e. The van der Waals surface area contributed by atoms with Crippen LogP contribution in [0.4, 0.5) is 18.9 Å². The number of carbonyl (C=O) groups is 1. The number of nitrogens with zero attached hydrogens (tertiary/aromatic N) is 2. The van der Waals surface area contributed by atoms with Crippen LogP contribution in [0.3, 0.4) is 0 Å². The molecule has 182 valence electrons. The Hall–Kier alpha value is -4.13. The van der Waals surface area contributed by atoms with Crippen LogP contribution in [0.15, 0.2) is 97.2 Å². The molecule has 4 aromatic rings. The highest BCUT2D eigenvalue weighted by Crippen LogP contribution is 2.33. The van der Waals surface area contributed by atoms with E-state index in [1.807, 2.05) is 30.3 Å². The van der Waals surface area contributed by atoms with Gasteiger partial charge in [0.1, 0.15) is 6.17 Å². The summed E-state index contributed by atoms with van der Waals surface area (Å²) in [5.74, 6) is -0.272. The molecule has 7 heteroatoms. The van der Waals surface area contributed by atoms with Gasteiger partial charge in [-0.15, -0.1) is 0 Å². The molecular weight excluding hydrogens is 463 g/mol. The third-order valence-electron chi connectivity index (χ3n) is 6.42. The third-order valence-corrected chi connectivity index (χ3v) is 6.42. The summed E-state index contributed by atoms with van der Waals surface area (Å²) < 4.78 is 39.0. The summed E-state index contributed by atoms with van der Waals surface area (Å²) in [5.41, 5.74) is 4.03. The van der Waals surface area contributed by atoms with Gasteiger partial charge in [0.05, 0.1) is 5.56 Å². The summed E-state index contributed by atoms with van der Waals surface area (Å²) in [6, 6.07) is 25.8. The van der Waals surface area contributed by atoms with E-state index < -0.39 is 11.7 Å². The Bertz CT molecular complexity index is 1350. The molecule has 0 bridgehead atoms. The molecule has 1 atom stereocenters. The second-order valence-corrected chi connectivity index (χ2v) is 8.71. The fourth-order valence-corrected chi connectivity index (χ4v) is 4.64. The van der Waals surface area contributed by atoms with E-state index in [0.717, 1.165) is 35.5 Å². The van der Waals surface area contributed by atoms with Gasteiger partial charge in [-0.2, -0.15) is 13.2 Å². The van der Waals surface area contributed by atoms with Crippen LogP contribution in [0.2, 0.25) is 0 Å². The summed E-state index contributed by atoms with van der Waals surface area (Å²) >= 11 is 0. The maximum atomic E-state index is 13.5. The SMILES string of the molecule is O=C(NC1Cc2ccccc2N1CCc1ccccn1)c1ccccc1-c1ccc(C(F)(F)F)cc1. The Kier molecular flexibility index (Phi) is 6.46. The number of fused-ring (bicyclic) bond motifs is 1. The molecule has 1 N–H and O–H groups in total. The minimum atomic E-state index is -4.41. The molecule has 0 saturated heterocycles. The summed E-state index contributed by atoms with van der Waals surface area (Å²) in [4.78, 5) is 20.1. The molecule has 1 aromatic heterocycles. The molecule has 0 spiro atoms. The molecule has 36 heavy (non-hydrogen) atoms. The Morgan fingerprint density at radius 1 is 0.917 bits per heavy atom. The standard InChI is InChI=1S/C29H24F3N3O/c30-29(31,32)22-14-12-20(13-15-22)24-9-2-3-10-25(24)28(36)34-27-19-21-7-1-4-11-26(21)35(27)18-16-23-8-5-6-17-33-23/h1-15,17,27H,16,18-19H2,(H,34,36). The predicted octanol–water partition coefficient (Wildman–Crippen LogP) is 6.13. The second kappa shape index (κ2) is 9.85. The minimum absolute atomic E-state index is 0.251. The van der Waals surface area contributed by atoms with Crippen LogP contribution in [0.5, 0.6) is 0 Å². The van der Waals surface area contributed by atoms with Gasteiger partial charge in [0.2, 0.25) is 0 Å². The minimum Gasteiger partial charge on any atom is -0.350 e. The molecule has 1 aliphatic rings. The first-order valence-corrected chi connectivity index (χ1v) is 11.7. The normalized spacial score (nSPS) is 15.0. The Morgan fingerprint density at radius 2 is 1.64 bits per heavy atom. The van der Waals surface area contributed by atoms with Crippen LogP contribution in [-0.2, 0) is 19.0 Å². The molecule has 0 aliphatic carbocycles. The first kappa shape index (κ1) is 23.6. The number of rotatable bonds is 6. The van der Waals surface area contributed by atoms with Gasteiger partial charge >= 0.3 is 6.18 Å². The summed E-state index contributed by atoms with van der Waals surface area (Å²) in [5, 5.41) is 3.16. The van der Waals surface area contributed by atoms with Crippen LogP contribution in [0.1, 0.15) is 27.2 Å². The third kappa shape index (κ3) is 4.96. The number of carbonyl (C=O) groups excluding carboxylic acids is 1. The van der Waals surface area contributed by atoms with E-state index in [1.165, 1.54) is 12.1 Å². The number of nitrogens with one attached hydrogen (secondary N) is 1. The van der Waals surface area contributed by atoms with Crippen LogP contribution in [-0.4, -0.2) is 23.6 Å². The lowest BCUT2D eigenvalue weighted by molar-refractivity contribution is -0.137. The van der Waals surface area contributed by atoms with Crippen LogP contribution >= 0.6 is 0 Å². The van der Waals surface area contributed by atoms with Gasteiger partial charge in [-0.05, 0) is 53.1 Å². The van der Waals surface area contributed by atoms with Crippen LogP contribution < -0.4 is 10.2 Å². The second-order valence-electron chi connectivity index (χ2n) is 8.71. The van der Waals surface area contributed by atoms with E-state index in [2.05, 4.69) is 27.3 Å². The first-order chi connectivity index (χ1) is 17.4. The quantitative estimate of drug-likeness (QED) is 0.356. The van der Waals surface area contributed by atoms with Gasteiger partial charge in [-0.3, -0.25) is 9.78 Å². The van der Waals surface area contributed by atoms with Gasteiger partial charge in [0.25, 0.3) is 5.91 Å². The lowest BCUT2D eigenvalue weighted by Gasteiger charge is -2.28. The van der Waals surface area contributed by atoms with Crippen molar-refractivity contribution in [2.24, 2.45) is 0 Å². The molecule has 1 unspecified atom stereocenters. The maximum absolute atomic E-state index is 13.5. The monoisotopic (exact) mass is 487 g/mol. The zero-order chi connectivity index (χ0) is 25.1. The summed E-state index contributed by atoms with van der Waals surface area (Å²) in [6.07, 6.45) is -1.51. The molecule has 5 rings (SSSR count). The molecule has 1 amide bonds. The number of para-hydroxylation sites is 1. The van der Waals surface area contributed by atoms with Crippen molar-refractivity contribution in [1.29, 1.82) is 0 Å². The van der Waals surface area contributed by atoms with E-state index >= 15 is 0 Å². The van der Waals surface area contributed by atoms with Crippen molar-refractivity contribution in [2.75, 3.05) is 11.4 Å². The maximum Gasteiger partial charge on any atom is 0.416 e. The molecule has 0 radical (unpaired) electrons. The highest BCUT2D eigenvalue weighted by Gasteiger charge is 2.32. The van der Waals surface area contributed by atoms with Gasteiger partial charge in [-0.1, -0.05) is 54.6 Å². The Balaban J connectivity index is 1.38. The van der Waals surface area contributed by atoms with E-state index in [4.69, 9.17) is 0 Å². The summed E-state index contributed by atoms with van der Waals surface area (Å²) in [6.45, 7) is 0.680. The fraction of sp³-hybridized carbons (Fsp3) is 0.172. The van der Waals surface area contributed by atoms with Crippen LogP contribution in [0.25, 0.3) is 11.1 Å². The van der Waals surface area contributed by atoms with Gasteiger partial charge in [0, 0.05) is 42.5 Å². The number of halogens is 3. The fourth-order valence-electron chi connectivity index (χ4n) is 4.64. The van der Waals surface area contributed by atoms with E-state index in [-0.39, 0.29) is 12.1 Å². The Labute approximate surface area is 207 Å². The Morgan fingerprint density at radius 3 is 2.39 bits per heavy atom. The number of amides is 1. The van der Waals surface area contributed by atoms with Crippen molar-refractivity contribution in [3.05, 3.63) is 120 Å². The zero-order valence-corrected chi connectivity index (χ0v) is 19.4. The van der Waals surface area contributed by atoms with Crippen molar-refractivity contribution in [1.82, 2.24) is 10.3 Å². The number of hydrogen-bond acceptors (Lipinski definition) is 3. The van der Waals surface area contributed by atoms with Gasteiger partial charge in [0.15, 0.2) is 0 Å². The topological polar surface area (TPSA) is 45.2 Å². The van der Waals surface area contributed by atoms with Crippen molar-refractivity contribution in [3.8, 4) is 11.1 Å². The number of aromatic nitrogens is 1. The molecule has 0 saturated carbocycles. The van der Waals surface area contributed by atoms with E-state index in [0.29, 0.717) is 29.7 Å². The average Bonchev–Trinajstić information content (AvgIpc) is 3.24. The van der Waals surface area contributed by atoms with E-state index in [9.17, 15) is 18.0 Å². The average molecular weight is 488 g/mol. The van der Waals surface area contributed by atoms with Gasteiger partial charge < -0.3 is 10.2 Å². The zero-order valence-electron chi connectivity index (χ0n) is 19.4. The lowest BCUT2D eigenvalue weighted by Crippen LogP contribution is -2.47. The van der Waals surface area contributed by atoms with Crippen molar-refractivity contribution >= 4 is 11.6 Å². The van der Waals surface area contributed by atoms with Crippen molar-refractivity contribution < 1.29 is 18.0 Å². The van der Waals surface area contributed by atoms with Gasteiger partial charge in [-0.25, -0.2) is 0 Å². The highest BCUT2D eigenvalue weighted by atomic mass is 19.4. The molecule has 0 fully saturated rings. The number of anilines is 1. The van der Waals surface area contributed by atoms with Crippen molar-refractivity contribution in [2.45, 2.75) is 25.2 Å². The molecule has 2 heterocycles. The van der Waals surface area contributed by atoms with Crippen LogP contribution in [0, 0.1) is 0 Å². The smallest absolute Gasteiger partial charge is 0.350 e. The highest BCUT2D eigenvalue weighted by molar-refractivity contribution is 6.01. The first-order valence-electron chi connectivity index (χ1n) is 11.7. The van der Waals surface area contributed by atoms with E-state index in [1.54, 1.807) is 30.5 Å². The van der Waals surface area contributed by atoms with Crippen molar-refractivity contribution in [3.63, 3.8) is 0 Å². The molecule has 3 aromatic carbocycles. The molecular formula is C29H24F3N3O.